The zero-order valence-electron chi connectivity index (χ0n) is 11.3. The molecule has 1 saturated heterocycles. The van der Waals surface area contributed by atoms with Gasteiger partial charge in [0.2, 0.25) is 5.91 Å². The molecule has 0 saturated carbocycles. The van der Waals surface area contributed by atoms with Gasteiger partial charge in [0.25, 0.3) is 0 Å². The molecule has 0 spiro atoms. The number of carbonyl (C=O) groups excluding carboxylic acids is 1. The van der Waals surface area contributed by atoms with Gasteiger partial charge in [0.05, 0.1) is 5.75 Å². The summed E-state index contributed by atoms with van der Waals surface area (Å²) >= 11 is 3.24. The van der Waals surface area contributed by atoms with Gasteiger partial charge < -0.3 is 10.0 Å². The van der Waals surface area contributed by atoms with Crippen LogP contribution in [-0.2, 0) is 15.3 Å². The molecule has 0 aromatic carbocycles. The van der Waals surface area contributed by atoms with E-state index in [0.29, 0.717) is 18.7 Å². The second-order valence-corrected chi connectivity index (χ2v) is 6.88. The lowest BCUT2D eigenvalue weighted by Gasteiger charge is -2.26. The number of hydrogen-bond donors (Lipinski definition) is 1. The van der Waals surface area contributed by atoms with Crippen molar-refractivity contribution in [3.05, 3.63) is 22.4 Å². The molecule has 0 bridgehead atoms. The summed E-state index contributed by atoms with van der Waals surface area (Å²) in [5.41, 5.74) is 0. The molecule has 4 nitrogen and oxygen atoms in total. The van der Waals surface area contributed by atoms with Crippen LogP contribution in [-0.4, -0.2) is 40.2 Å². The predicted octanol–water partition coefficient (Wildman–Crippen LogP) is 2.84. The van der Waals surface area contributed by atoms with Gasteiger partial charge in [0.1, 0.15) is 6.04 Å². The summed E-state index contributed by atoms with van der Waals surface area (Å²) in [5, 5.41) is 11.3. The summed E-state index contributed by atoms with van der Waals surface area (Å²) in [7, 11) is 0. The van der Waals surface area contributed by atoms with Crippen molar-refractivity contribution in [2.45, 2.75) is 37.5 Å². The van der Waals surface area contributed by atoms with E-state index < -0.39 is 12.0 Å². The van der Waals surface area contributed by atoms with Crippen molar-refractivity contribution in [3.8, 4) is 0 Å². The maximum Gasteiger partial charge on any atom is 0.326 e. The van der Waals surface area contributed by atoms with Gasteiger partial charge in [-0.2, -0.15) is 0 Å². The quantitative estimate of drug-likeness (QED) is 0.908. The summed E-state index contributed by atoms with van der Waals surface area (Å²) in [5.74, 6) is 0.265. The van der Waals surface area contributed by atoms with E-state index in [9.17, 15) is 14.7 Å². The molecule has 1 N–H and O–H groups in total. The first-order chi connectivity index (χ1) is 9.68. The zero-order valence-corrected chi connectivity index (χ0v) is 12.9. The van der Waals surface area contributed by atoms with Gasteiger partial charge in [-0.3, -0.25) is 4.79 Å². The second-order valence-electron chi connectivity index (χ2n) is 4.86. The number of amides is 1. The van der Waals surface area contributed by atoms with E-state index in [2.05, 4.69) is 0 Å². The first kappa shape index (κ1) is 15.4. The van der Waals surface area contributed by atoms with Gasteiger partial charge in [-0.05, 0) is 24.3 Å². The van der Waals surface area contributed by atoms with Crippen LogP contribution in [0.4, 0.5) is 0 Å². The normalized spacial score (nSPS) is 19.6. The van der Waals surface area contributed by atoms with E-state index in [0.717, 1.165) is 25.0 Å². The highest BCUT2D eigenvalue weighted by Crippen LogP contribution is 2.21. The van der Waals surface area contributed by atoms with Crippen LogP contribution in [0.3, 0.4) is 0 Å². The van der Waals surface area contributed by atoms with E-state index in [1.807, 2.05) is 17.5 Å². The predicted molar refractivity (Wildman–Crippen MR) is 82.1 cm³/mol. The number of carbonyl (C=O) groups is 2. The molecule has 1 atom stereocenters. The maximum atomic E-state index is 12.2. The number of hydrogen-bond acceptors (Lipinski definition) is 4. The lowest BCUT2D eigenvalue weighted by Crippen LogP contribution is -2.45. The van der Waals surface area contributed by atoms with Gasteiger partial charge in [0, 0.05) is 17.2 Å². The molecule has 20 heavy (non-hydrogen) atoms. The van der Waals surface area contributed by atoms with Crippen LogP contribution < -0.4 is 0 Å². The third kappa shape index (κ3) is 4.24. The third-order valence-electron chi connectivity index (χ3n) is 3.41. The summed E-state index contributed by atoms with van der Waals surface area (Å²) in [6.07, 6.45) is 3.39. The Morgan fingerprint density at radius 1 is 1.40 bits per heavy atom. The Bertz CT molecular complexity index is 447. The highest BCUT2D eigenvalue weighted by atomic mass is 32.2. The minimum Gasteiger partial charge on any atom is -0.480 e. The minimum absolute atomic E-state index is 0.0409. The molecular formula is C14H19NO3S2. The SMILES string of the molecule is O=C(O)C1CCCCCN1C(=O)CSCc1cccs1. The van der Waals surface area contributed by atoms with E-state index in [-0.39, 0.29) is 5.91 Å². The first-order valence-electron chi connectivity index (χ1n) is 6.81. The molecule has 1 fully saturated rings. The zero-order chi connectivity index (χ0) is 14.4. The maximum absolute atomic E-state index is 12.2. The molecule has 1 aliphatic heterocycles. The Morgan fingerprint density at radius 2 is 2.25 bits per heavy atom. The van der Waals surface area contributed by atoms with Crippen molar-refractivity contribution in [3.63, 3.8) is 0 Å². The number of likely N-dealkylation sites (tertiary alicyclic amines) is 1. The molecule has 6 heteroatoms. The van der Waals surface area contributed by atoms with Crippen LogP contribution in [0.5, 0.6) is 0 Å². The number of aliphatic carboxylic acids is 1. The van der Waals surface area contributed by atoms with E-state index in [1.165, 1.54) is 4.88 Å². The van der Waals surface area contributed by atoms with Gasteiger partial charge in [-0.25, -0.2) is 4.79 Å². The van der Waals surface area contributed by atoms with E-state index in [1.54, 1.807) is 28.0 Å². The smallest absolute Gasteiger partial charge is 0.326 e. The van der Waals surface area contributed by atoms with Crippen molar-refractivity contribution in [2.75, 3.05) is 12.3 Å². The fourth-order valence-corrected chi connectivity index (χ4v) is 4.13. The van der Waals surface area contributed by atoms with Crippen molar-refractivity contribution < 1.29 is 14.7 Å². The summed E-state index contributed by atoms with van der Waals surface area (Å²) in [6, 6.07) is 3.42. The van der Waals surface area contributed by atoms with Crippen LogP contribution >= 0.6 is 23.1 Å². The van der Waals surface area contributed by atoms with Crippen molar-refractivity contribution in [1.29, 1.82) is 0 Å². The molecule has 1 aliphatic rings. The van der Waals surface area contributed by atoms with Gasteiger partial charge in [-0.1, -0.05) is 18.9 Å². The van der Waals surface area contributed by atoms with Crippen LogP contribution in [0.1, 0.15) is 30.6 Å². The lowest BCUT2D eigenvalue weighted by atomic mass is 10.1. The number of thiophene rings is 1. The first-order valence-corrected chi connectivity index (χ1v) is 8.84. The van der Waals surface area contributed by atoms with Crippen LogP contribution in [0.25, 0.3) is 0 Å². The van der Waals surface area contributed by atoms with Crippen LogP contribution in [0.15, 0.2) is 17.5 Å². The Kier molecular flexibility index (Phi) is 5.91. The Balaban J connectivity index is 1.86. The third-order valence-corrected chi connectivity index (χ3v) is 5.43. The van der Waals surface area contributed by atoms with Crippen LogP contribution in [0.2, 0.25) is 0 Å². The molecule has 1 unspecified atom stereocenters. The fourth-order valence-electron chi connectivity index (χ4n) is 2.38. The van der Waals surface area contributed by atoms with Gasteiger partial charge in [0.15, 0.2) is 0 Å². The van der Waals surface area contributed by atoms with Crippen molar-refractivity contribution in [2.24, 2.45) is 0 Å². The summed E-state index contributed by atoms with van der Waals surface area (Å²) in [6.45, 7) is 0.579. The molecule has 0 radical (unpaired) electrons. The molecule has 2 rings (SSSR count). The molecule has 1 amide bonds. The van der Waals surface area contributed by atoms with Gasteiger partial charge in [-0.15, -0.1) is 23.1 Å². The molecular weight excluding hydrogens is 294 g/mol. The molecule has 110 valence electrons. The van der Waals surface area contributed by atoms with Crippen LogP contribution in [0, 0.1) is 0 Å². The molecule has 1 aromatic rings. The topological polar surface area (TPSA) is 57.6 Å². The average Bonchev–Trinajstić information content (AvgIpc) is 2.80. The molecule has 2 heterocycles. The number of carboxylic acids is 1. The number of carboxylic acid groups (broad SMARTS) is 1. The van der Waals surface area contributed by atoms with Gasteiger partial charge >= 0.3 is 5.97 Å². The number of thioether (sulfide) groups is 1. The lowest BCUT2D eigenvalue weighted by molar-refractivity contribution is -0.149. The number of rotatable bonds is 5. The van der Waals surface area contributed by atoms with Crippen molar-refractivity contribution >= 4 is 35.0 Å². The standard InChI is InChI=1S/C14H19NO3S2/c16-13(10-19-9-11-5-4-8-20-11)15-7-3-1-2-6-12(15)14(17)18/h4-5,8,12H,1-3,6-7,9-10H2,(H,17,18). The summed E-state index contributed by atoms with van der Waals surface area (Å²) in [4.78, 5) is 26.3. The Hall–Kier alpha value is -1.01. The molecule has 0 aliphatic carbocycles. The summed E-state index contributed by atoms with van der Waals surface area (Å²) < 4.78 is 0. The fraction of sp³-hybridized carbons (Fsp3) is 0.571. The average molecular weight is 313 g/mol. The highest BCUT2D eigenvalue weighted by Gasteiger charge is 2.30. The van der Waals surface area contributed by atoms with E-state index in [4.69, 9.17) is 0 Å². The van der Waals surface area contributed by atoms with Crippen molar-refractivity contribution in [1.82, 2.24) is 4.90 Å². The largest absolute Gasteiger partial charge is 0.480 e. The molecule has 1 aromatic heterocycles. The Labute approximate surface area is 127 Å². The second kappa shape index (κ2) is 7.69. The highest BCUT2D eigenvalue weighted by molar-refractivity contribution is 7.99. The van der Waals surface area contributed by atoms with E-state index >= 15 is 0 Å². The Morgan fingerprint density at radius 3 is 2.95 bits per heavy atom. The minimum atomic E-state index is -0.872. The monoisotopic (exact) mass is 313 g/mol. The number of nitrogens with zero attached hydrogens (tertiary/aromatic N) is 1.